The lowest BCUT2D eigenvalue weighted by Gasteiger charge is -2.40. The van der Waals surface area contributed by atoms with Crippen LogP contribution in [0.15, 0.2) is 18.2 Å². The van der Waals surface area contributed by atoms with Gasteiger partial charge in [-0.15, -0.1) is 0 Å². The number of anilines is 1. The number of morpholine rings is 1. The Morgan fingerprint density at radius 1 is 1.44 bits per heavy atom. The highest BCUT2D eigenvalue weighted by Crippen LogP contribution is 2.27. The lowest BCUT2D eigenvalue weighted by Crippen LogP contribution is -2.49. The molecule has 1 N–H and O–H groups in total. The monoisotopic (exact) mass is 249 g/mol. The van der Waals surface area contributed by atoms with Gasteiger partial charge in [0.1, 0.15) is 0 Å². The highest BCUT2D eigenvalue weighted by molar-refractivity contribution is 5.55. The van der Waals surface area contributed by atoms with Gasteiger partial charge in [-0.05, 0) is 37.5 Å². The van der Waals surface area contributed by atoms with E-state index in [1.54, 1.807) is 0 Å². The third-order valence-corrected chi connectivity index (χ3v) is 3.69. The van der Waals surface area contributed by atoms with Crippen LogP contribution in [0.5, 0.6) is 0 Å². The summed E-state index contributed by atoms with van der Waals surface area (Å²) in [6, 6.07) is 6.67. The number of rotatable bonds is 3. The number of nitrogens with zero attached hydrogens (tertiary/aromatic N) is 1. The fourth-order valence-electron chi connectivity index (χ4n) is 2.62. The first-order valence-corrected chi connectivity index (χ1v) is 6.74. The fraction of sp³-hybridized carbons (Fsp3) is 0.600. The molecule has 0 amide bonds. The maximum atomic E-state index is 9.17. The van der Waals surface area contributed by atoms with E-state index in [9.17, 15) is 0 Å². The second-order valence-electron chi connectivity index (χ2n) is 5.14. The molecule has 0 saturated carbocycles. The molecule has 1 fully saturated rings. The van der Waals surface area contributed by atoms with Crippen LogP contribution < -0.4 is 4.90 Å². The first-order valence-electron chi connectivity index (χ1n) is 6.74. The van der Waals surface area contributed by atoms with E-state index in [2.05, 4.69) is 37.8 Å². The minimum Gasteiger partial charge on any atom is -0.392 e. The summed E-state index contributed by atoms with van der Waals surface area (Å²) in [7, 11) is 0. The molecule has 3 nitrogen and oxygen atoms in total. The summed E-state index contributed by atoms with van der Waals surface area (Å²) in [6.07, 6.45) is 1.37. The molecule has 0 radical (unpaired) electrons. The van der Waals surface area contributed by atoms with E-state index in [1.165, 1.54) is 11.3 Å². The summed E-state index contributed by atoms with van der Waals surface area (Å²) in [5, 5.41) is 9.17. The van der Waals surface area contributed by atoms with E-state index < -0.39 is 0 Å². The van der Waals surface area contributed by atoms with Crippen molar-refractivity contribution in [1.82, 2.24) is 0 Å². The van der Waals surface area contributed by atoms with Gasteiger partial charge >= 0.3 is 0 Å². The standard InChI is InChI=1S/C15H23NO2/c1-4-14-10-18-12(3)8-16(14)15-6-5-13(9-17)7-11(15)2/h5-7,12,14,17H,4,8-10H2,1-3H3. The zero-order valence-corrected chi connectivity index (χ0v) is 11.5. The Kier molecular flexibility index (Phi) is 4.25. The SMILES string of the molecule is CCC1COC(C)CN1c1ccc(CO)cc1C. The van der Waals surface area contributed by atoms with Crippen molar-refractivity contribution < 1.29 is 9.84 Å². The zero-order chi connectivity index (χ0) is 13.1. The minimum atomic E-state index is 0.109. The summed E-state index contributed by atoms with van der Waals surface area (Å²) in [5.74, 6) is 0. The molecule has 2 unspecified atom stereocenters. The normalized spacial score (nSPS) is 24.3. The number of ether oxygens (including phenoxy) is 1. The number of aliphatic hydroxyl groups excluding tert-OH is 1. The molecule has 18 heavy (non-hydrogen) atoms. The van der Waals surface area contributed by atoms with Crippen LogP contribution in [-0.4, -0.2) is 30.4 Å². The molecule has 2 rings (SSSR count). The molecular weight excluding hydrogens is 226 g/mol. The van der Waals surface area contributed by atoms with Gasteiger partial charge in [0.05, 0.1) is 25.4 Å². The molecule has 0 aliphatic carbocycles. The Balaban J connectivity index is 2.27. The Hall–Kier alpha value is -1.06. The Morgan fingerprint density at radius 3 is 2.83 bits per heavy atom. The van der Waals surface area contributed by atoms with E-state index in [-0.39, 0.29) is 12.7 Å². The summed E-state index contributed by atoms with van der Waals surface area (Å²) >= 11 is 0. The van der Waals surface area contributed by atoms with Crippen LogP contribution in [0.1, 0.15) is 31.4 Å². The number of aliphatic hydroxyl groups is 1. The lowest BCUT2D eigenvalue weighted by atomic mass is 10.0. The Morgan fingerprint density at radius 2 is 2.22 bits per heavy atom. The van der Waals surface area contributed by atoms with Gasteiger partial charge in [-0.3, -0.25) is 0 Å². The first kappa shape index (κ1) is 13.4. The first-order chi connectivity index (χ1) is 8.65. The molecule has 1 saturated heterocycles. The average Bonchev–Trinajstić information content (AvgIpc) is 2.38. The van der Waals surface area contributed by atoms with Crippen molar-refractivity contribution in [2.45, 2.75) is 45.9 Å². The van der Waals surface area contributed by atoms with Crippen molar-refractivity contribution in [3.05, 3.63) is 29.3 Å². The third kappa shape index (κ3) is 2.68. The molecule has 0 bridgehead atoms. The van der Waals surface area contributed by atoms with Crippen LogP contribution in [0, 0.1) is 6.92 Å². The molecule has 100 valence electrons. The van der Waals surface area contributed by atoms with Gasteiger partial charge in [0.25, 0.3) is 0 Å². The van der Waals surface area contributed by atoms with E-state index >= 15 is 0 Å². The summed E-state index contributed by atoms with van der Waals surface area (Å²) in [5.41, 5.74) is 3.48. The molecule has 0 spiro atoms. The summed E-state index contributed by atoms with van der Waals surface area (Å²) < 4.78 is 5.74. The minimum absolute atomic E-state index is 0.109. The molecule has 3 heteroatoms. The fourth-order valence-corrected chi connectivity index (χ4v) is 2.62. The predicted molar refractivity (Wildman–Crippen MR) is 73.9 cm³/mol. The topological polar surface area (TPSA) is 32.7 Å². The molecule has 1 aromatic carbocycles. The summed E-state index contributed by atoms with van der Waals surface area (Å²) in [4.78, 5) is 2.45. The molecule has 1 heterocycles. The third-order valence-electron chi connectivity index (χ3n) is 3.69. The van der Waals surface area contributed by atoms with Crippen LogP contribution in [0.3, 0.4) is 0 Å². The average molecular weight is 249 g/mol. The van der Waals surface area contributed by atoms with Crippen molar-refractivity contribution in [3.63, 3.8) is 0 Å². The van der Waals surface area contributed by atoms with Crippen LogP contribution in [0.2, 0.25) is 0 Å². The van der Waals surface area contributed by atoms with Gasteiger partial charge in [0.15, 0.2) is 0 Å². The maximum Gasteiger partial charge on any atom is 0.0723 e. The second kappa shape index (κ2) is 5.72. The van der Waals surface area contributed by atoms with Crippen LogP contribution >= 0.6 is 0 Å². The number of hydrogen-bond acceptors (Lipinski definition) is 3. The molecule has 1 aliphatic heterocycles. The Labute approximate surface area is 109 Å². The van der Waals surface area contributed by atoms with Gasteiger partial charge in [-0.2, -0.15) is 0 Å². The van der Waals surface area contributed by atoms with Gasteiger partial charge in [0, 0.05) is 12.2 Å². The number of aryl methyl sites for hydroxylation is 1. The summed E-state index contributed by atoms with van der Waals surface area (Å²) in [6.45, 7) is 8.29. The molecule has 1 aromatic rings. The van der Waals surface area contributed by atoms with Gasteiger partial charge < -0.3 is 14.7 Å². The smallest absolute Gasteiger partial charge is 0.0723 e. The largest absolute Gasteiger partial charge is 0.392 e. The predicted octanol–water partition coefficient (Wildman–Crippen LogP) is 2.49. The quantitative estimate of drug-likeness (QED) is 0.893. The molecular formula is C15H23NO2. The zero-order valence-electron chi connectivity index (χ0n) is 11.5. The second-order valence-corrected chi connectivity index (χ2v) is 5.14. The van der Waals surface area contributed by atoms with Crippen LogP contribution in [0.4, 0.5) is 5.69 Å². The highest BCUT2D eigenvalue weighted by Gasteiger charge is 2.26. The van der Waals surface area contributed by atoms with E-state index in [1.807, 2.05) is 6.07 Å². The molecule has 2 atom stereocenters. The van der Waals surface area contributed by atoms with E-state index in [0.29, 0.717) is 6.04 Å². The van der Waals surface area contributed by atoms with Crippen molar-refractivity contribution in [2.75, 3.05) is 18.1 Å². The maximum absolute atomic E-state index is 9.17. The van der Waals surface area contributed by atoms with Crippen molar-refractivity contribution in [3.8, 4) is 0 Å². The van der Waals surface area contributed by atoms with Crippen molar-refractivity contribution in [2.24, 2.45) is 0 Å². The number of hydrogen-bond donors (Lipinski definition) is 1. The van der Waals surface area contributed by atoms with E-state index in [4.69, 9.17) is 9.84 Å². The Bertz CT molecular complexity index is 405. The van der Waals surface area contributed by atoms with Crippen molar-refractivity contribution in [1.29, 1.82) is 0 Å². The van der Waals surface area contributed by atoms with E-state index in [0.717, 1.165) is 25.1 Å². The lowest BCUT2D eigenvalue weighted by molar-refractivity contribution is 0.0299. The molecule has 0 aromatic heterocycles. The highest BCUT2D eigenvalue weighted by atomic mass is 16.5. The number of benzene rings is 1. The van der Waals surface area contributed by atoms with Gasteiger partial charge in [-0.25, -0.2) is 0 Å². The van der Waals surface area contributed by atoms with Crippen LogP contribution in [0.25, 0.3) is 0 Å². The van der Waals surface area contributed by atoms with Crippen molar-refractivity contribution >= 4 is 5.69 Å². The van der Waals surface area contributed by atoms with Crippen LogP contribution in [-0.2, 0) is 11.3 Å². The van der Waals surface area contributed by atoms with Gasteiger partial charge in [-0.1, -0.05) is 19.1 Å². The molecule has 1 aliphatic rings. The van der Waals surface area contributed by atoms with Gasteiger partial charge in [0.2, 0.25) is 0 Å².